The number of ketones is 1. The fraction of sp³-hybridized carbons (Fsp3) is 0.353. The van der Waals surface area contributed by atoms with E-state index in [9.17, 15) is 4.79 Å². The van der Waals surface area contributed by atoms with Crippen molar-refractivity contribution in [1.29, 1.82) is 0 Å². The molecule has 0 amide bonds. The molecule has 8 heteroatoms. The maximum absolute atomic E-state index is 12.7. The number of fused-ring (bicyclic) bond motifs is 1. The second kappa shape index (κ2) is 6.12. The quantitative estimate of drug-likeness (QED) is 0.878. The van der Waals surface area contributed by atoms with Crippen molar-refractivity contribution in [1.82, 2.24) is 10.3 Å². The molecular weight excluding hydrogens is 324 g/mol. The Bertz CT molecular complexity index is 836. The van der Waals surface area contributed by atoms with Gasteiger partial charge in [0.25, 0.3) is 0 Å². The summed E-state index contributed by atoms with van der Waals surface area (Å²) in [4.78, 5) is 12.7. The van der Waals surface area contributed by atoms with Crippen molar-refractivity contribution in [2.45, 2.75) is 25.3 Å². The Balaban J connectivity index is 1.87. The Kier molecular flexibility index (Phi) is 3.79. The minimum atomic E-state index is -0.396. The summed E-state index contributed by atoms with van der Waals surface area (Å²) in [5.41, 5.74) is 2.39. The van der Waals surface area contributed by atoms with Crippen molar-refractivity contribution in [2.75, 3.05) is 24.9 Å². The van der Waals surface area contributed by atoms with Gasteiger partial charge in [0, 0.05) is 23.8 Å². The summed E-state index contributed by atoms with van der Waals surface area (Å²) in [6, 6.07) is 5.16. The van der Waals surface area contributed by atoms with E-state index in [1.165, 1.54) is 0 Å². The van der Waals surface area contributed by atoms with Gasteiger partial charge in [-0.25, -0.2) is 4.63 Å². The van der Waals surface area contributed by atoms with E-state index in [1.807, 2.05) is 12.1 Å². The second-order valence-corrected chi connectivity index (χ2v) is 5.98. The van der Waals surface area contributed by atoms with Crippen LogP contribution in [0.2, 0.25) is 0 Å². The first kappa shape index (κ1) is 15.5. The molecule has 2 heterocycles. The summed E-state index contributed by atoms with van der Waals surface area (Å²) in [7, 11) is 3.19. The Morgan fingerprint density at radius 3 is 2.52 bits per heavy atom. The number of aromatic nitrogens is 2. The number of carbonyl (C=O) groups excluding carboxylic acids is 1. The number of rotatable bonds is 3. The van der Waals surface area contributed by atoms with Gasteiger partial charge in [-0.15, -0.1) is 0 Å². The molecule has 0 fully saturated rings. The lowest BCUT2D eigenvalue weighted by Gasteiger charge is -2.25. The Labute approximate surface area is 144 Å². The van der Waals surface area contributed by atoms with E-state index in [1.54, 1.807) is 20.3 Å². The fourth-order valence-electron chi connectivity index (χ4n) is 3.29. The minimum absolute atomic E-state index is 0.107. The van der Waals surface area contributed by atoms with E-state index in [2.05, 4.69) is 20.9 Å². The zero-order valence-electron chi connectivity index (χ0n) is 14.0. The topological polar surface area (TPSA) is 98.5 Å². The molecule has 25 heavy (non-hydrogen) atoms. The van der Waals surface area contributed by atoms with Crippen LogP contribution in [0.1, 0.15) is 30.9 Å². The fourth-order valence-corrected chi connectivity index (χ4v) is 3.29. The zero-order valence-corrected chi connectivity index (χ0v) is 14.0. The van der Waals surface area contributed by atoms with Gasteiger partial charge in [-0.1, -0.05) is 0 Å². The molecule has 0 bridgehead atoms. The molecular formula is C17H18N4O4. The Morgan fingerprint density at radius 2 is 1.80 bits per heavy atom. The number of ether oxygens (including phenoxy) is 2. The molecule has 0 radical (unpaired) electrons. The zero-order chi connectivity index (χ0) is 17.4. The van der Waals surface area contributed by atoms with Crippen molar-refractivity contribution < 1.29 is 18.9 Å². The number of hydrogen-bond donors (Lipinski definition) is 2. The van der Waals surface area contributed by atoms with Crippen LogP contribution in [0.25, 0.3) is 0 Å². The number of methoxy groups -OCH3 is 2. The monoisotopic (exact) mass is 342 g/mol. The van der Waals surface area contributed by atoms with Gasteiger partial charge in [0.1, 0.15) is 11.5 Å². The van der Waals surface area contributed by atoms with Crippen LogP contribution in [0.5, 0.6) is 11.5 Å². The van der Waals surface area contributed by atoms with Gasteiger partial charge in [-0.05, 0) is 40.9 Å². The summed E-state index contributed by atoms with van der Waals surface area (Å²) >= 11 is 0. The van der Waals surface area contributed by atoms with E-state index >= 15 is 0 Å². The van der Waals surface area contributed by atoms with Gasteiger partial charge in [0.15, 0.2) is 5.78 Å². The van der Waals surface area contributed by atoms with Crippen LogP contribution >= 0.6 is 0 Å². The van der Waals surface area contributed by atoms with Gasteiger partial charge in [-0.2, -0.15) is 0 Å². The van der Waals surface area contributed by atoms with Crippen LogP contribution in [0.4, 0.5) is 11.6 Å². The highest BCUT2D eigenvalue weighted by molar-refractivity contribution is 6.00. The van der Waals surface area contributed by atoms with Crippen LogP contribution in [0.3, 0.4) is 0 Å². The molecule has 8 nitrogen and oxygen atoms in total. The van der Waals surface area contributed by atoms with Crippen LogP contribution in [0.15, 0.2) is 34.1 Å². The molecule has 2 N–H and O–H groups in total. The first-order valence-corrected chi connectivity index (χ1v) is 8.05. The Hall–Kier alpha value is -3.03. The van der Waals surface area contributed by atoms with Crippen molar-refractivity contribution in [2.24, 2.45) is 0 Å². The molecule has 1 aromatic carbocycles. The average molecular weight is 342 g/mol. The second-order valence-electron chi connectivity index (χ2n) is 5.98. The molecule has 0 saturated heterocycles. The van der Waals surface area contributed by atoms with Gasteiger partial charge >= 0.3 is 0 Å². The summed E-state index contributed by atoms with van der Waals surface area (Å²) < 4.78 is 15.6. The van der Waals surface area contributed by atoms with Crippen molar-refractivity contribution in [3.63, 3.8) is 0 Å². The third-order valence-electron chi connectivity index (χ3n) is 4.49. The standard InChI is InChI=1S/C17H18N4O4/c1-23-10-6-9(7-11(8-10)24-2)15-14-12(4-3-5-13(14)22)18-16-17(19-15)21-25-20-16/h6-8,15H,3-5H2,1-2H3,(H,18,20)(H,19,21)/t15-/m0/s1. The molecule has 4 rings (SSSR count). The highest BCUT2D eigenvalue weighted by atomic mass is 16.6. The third kappa shape index (κ3) is 2.69. The van der Waals surface area contributed by atoms with E-state index in [4.69, 9.17) is 14.1 Å². The number of carbonyl (C=O) groups is 1. The van der Waals surface area contributed by atoms with E-state index in [-0.39, 0.29) is 5.78 Å². The molecule has 0 spiro atoms. The molecule has 1 atom stereocenters. The summed E-state index contributed by atoms with van der Waals surface area (Å²) in [5.74, 6) is 2.36. The molecule has 2 aliphatic rings. The highest BCUT2D eigenvalue weighted by Gasteiger charge is 2.34. The third-order valence-corrected chi connectivity index (χ3v) is 4.49. The number of hydrogen-bond acceptors (Lipinski definition) is 8. The molecule has 130 valence electrons. The molecule has 1 aliphatic heterocycles. The summed E-state index contributed by atoms with van der Waals surface area (Å²) in [6.45, 7) is 0. The lowest BCUT2D eigenvalue weighted by molar-refractivity contribution is -0.116. The van der Waals surface area contributed by atoms with E-state index in [0.29, 0.717) is 35.1 Å². The number of allylic oxidation sites excluding steroid dienone is 1. The first-order valence-electron chi connectivity index (χ1n) is 8.05. The number of nitrogens with zero attached hydrogens (tertiary/aromatic N) is 2. The molecule has 2 aromatic rings. The average Bonchev–Trinajstić information content (AvgIpc) is 3.00. The van der Waals surface area contributed by atoms with Crippen molar-refractivity contribution in [3.8, 4) is 11.5 Å². The van der Waals surface area contributed by atoms with Gasteiger partial charge in [0.05, 0.1) is 20.3 Å². The largest absolute Gasteiger partial charge is 0.497 e. The predicted octanol–water partition coefficient (Wildman–Crippen LogP) is 2.67. The Morgan fingerprint density at radius 1 is 1.08 bits per heavy atom. The lowest BCUT2D eigenvalue weighted by Crippen LogP contribution is -2.23. The molecule has 1 aromatic heterocycles. The summed E-state index contributed by atoms with van der Waals surface area (Å²) in [6.07, 6.45) is 2.10. The predicted molar refractivity (Wildman–Crippen MR) is 89.7 cm³/mol. The summed E-state index contributed by atoms with van der Waals surface area (Å²) in [5, 5.41) is 14.2. The molecule has 0 saturated carbocycles. The molecule has 1 aliphatic carbocycles. The van der Waals surface area contributed by atoms with Crippen LogP contribution in [0, 0.1) is 0 Å². The normalized spacial score (nSPS) is 19.3. The minimum Gasteiger partial charge on any atom is -0.497 e. The van der Waals surface area contributed by atoms with Gasteiger partial charge in [-0.3, -0.25) is 4.79 Å². The lowest BCUT2D eigenvalue weighted by atomic mass is 9.86. The van der Waals surface area contributed by atoms with Gasteiger partial charge < -0.3 is 20.1 Å². The van der Waals surface area contributed by atoms with Crippen molar-refractivity contribution >= 4 is 17.4 Å². The van der Waals surface area contributed by atoms with Crippen LogP contribution in [-0.4, -0.2) is 30.3 Å². The van der Waals surface area contributed by atoms with Crippen LogP contribution < -0.4 is 20.1 Å². The first-order chi connectivity index (χ1) is 12.2. The SMILES string of the molecule is COc1cc(OC)cc([C@@H]2Nc3nonc3NC3=C2C(=O)CCC3)c1. The smallest absolute Gasteiger partial charge is 0.219 e. The van der Waals surface area contributed by atoms with E-state index < -0.39 is 6.04 Å². The van der Waals surface area contributed by atoms with Crippen molar-refractivity contribution in [3.05, 3.63) is 35.0 Å². The maximum Gasteiger partial charge on any atom is 0.219 e. The number of anilines is 2. The number of benzene rings is 1. The molecule has 0 unspecified atom stereocenters. The number of nitrogens with one attached hydrogen (secondary N) is 2. The number of Topliss-reactive ketones (excluding diaryl/α,β-unsaturated/α-hetero) is 1. The highest BCUT2D eigenvalue weighted by Crippen LogP contribution is 2.40. The maximum atomic E-state index is 12.7. The van der Waals surface area contributed by atoms with Gasteiger partial charge in [0.2, 0.25) is 11.6 Å². The van der Waals surface area contributed by atoms with Crippen LogP contribution in [-0.2, 0) is 4.79 Å². The van der Waals surface area contributed by atoms with E-state index in [0.717, 1.165) is 24.1 Å².